The van der Waals surface area contributed by atoms with Gasteiger partial charge >= 0.3 is 11.9 Å². The van der Waals surface area contributed by atoms with Gasteiger partial charge in [-0.15, -0.1) is 0 Å². The van der Waals surface area contributed by atoms with Crippen molar-refractivity contribution >= 4 is 15.8 Å². The van der Waals surface area contributed by atoms with Crippen LogP contribution in [0.15, 0.2) is 0 Å². The molecule has 1 fully saturated rings. The van der Waals surface area contributed by atoms with Crippen LogP contribution in [0.25, 0.3) is 0 Å². The maximum atomic E-state index is 13.1. The first-order valence-electron chi connectivity index (χ1n) is 3.96. The van der Waals surface area contributed by atoms with Crippen LogP contribution in [0.4, 0.5) is 8.78 Å². The Kier molecular flexibility index (Phi) is 2.80. The molecule has 0 saturated carbocycles. The summed E-state index contributed by atoms with van der Waals surface area (Å²) in [5, 5.41) is 0. The number of ether oxygens (including phenoxy) is 1. The molecule has 1 unspecified atom stereocenters. The molecule has 1 aliphatic rings. The van der Waals surface area contributed by atoms with Gasteiger partial charge in [0.15, 0.2) is 9.84 Å². The third-order valence-corrected chi connectivity index (χ3v) is 3.97. The Balaban J connectivity index is 2.81. The Bertz CT molecular complexity index is 336. The maximum Gasteiger partial charge on any atom is 0.377 e. The second kappa shape index (κ2) is 3.45. The SMILES string of the molecule is COC(=O)C(F)(F)C1CCS(=O)(=O)C1. The van der Waals surface area contributed by atoms with Crippen LogP contribution in [0.5, 0.6) is 0 Å². The van der Waals surface area contributed by atoms with E-state index in [-0.39, 0.29) is 12.2 Å². The first kappa shape index (κ1) is 11.4. The van der Waals surface area contributed by atoms with E-state index in [9.17, 15) is 22.0 Å². The molecule has 1 saturated heterocycles. The van der Waals surface area contributed by atoms with Gasteiger partial charge in [0.1, 0.15) is 0 Å². The monoisotopic (exact) mass is 228 g/mol. The van der Waals surface area contributed by atoms with Crippen molar-refractivity contribution in [2.75, 3.05) is 18.6 Å². The number of carbonyl (C=O) groups excluding carboxylic acids is 1. The Morgan fingerprint density at radius 2 is 2.07 bits per heavy atom. The maximum absolute atomic E-state index is 13.1. The van der Waals surface area contributed by atoms with Gasteiger partial charge in [-0.3, -0.25) is 0 Å². The van der Waals surface area contributed by atoms with Crippen LogP contribution in [0.1, 0.15) is 6.42 Å². The van der Waals surface area contributed by atoms with Gasteiger partial charge in [0.05, 0.1) is 18.6 Å². The van der Waals surface area contributed by atoms with Crippen molar-refractivity contribution in [2.24, 2.45) is 5.92 Å². The molecule has 1 atom stereocenters. The first-order chi connectivity index (χ1) is 6.29. The van der Waals surface area contributed by atoms with Crippen molar-refractivity contribution in [3.63, 3.8) is 0 Å². The summed E-state index contributed by atoms with van der Waals surface area (Å²) in [5.41, 5.74) is 0. The average molecular weight is 228 g/mol. The second-order valence-electron chi connectivity index (χ2n) is 3.21. The van der Waals surface area contributed by atoms with Crippen LogP contribution < -0.4 is 0 Å². The minimum absolute atomic E-state index is 0.190. The molecule has 7 heteroatoms. The first-order valence-corrected chi connectivity index (χ1v) is 5.78. The third kappa shape index (κ3) is 2.02. The molecule has 1 aliphatic heterocycles. The molecule has 0 amide bonds. The molecule has 0 spiro atoms. The molecular weight excluding hydrogens is 218 g/mol. The minimum Gasteiger partial charge on any atom is -0.465 e. The fraction of sp³-hybridized carbons (Fsp3) is 0.857. The van der Waals surface area contributed by atoms with Crippen molar-refractivity contribution in [1.82, 2.24) is 0 Å². The highest BCUT2D eigenvalue weighted by molar-refractivity contribution is 7.91. The molecule has 0 radical (unpaired) electrons. The summed E-state index contributed by atoms with van der Waals surface area (Å²) in [7, 11) is -2.56. The van der Waals surface area contributed by atoms with Crippen molar-refractivity contribution in [3.8, 4) is 0 Å². The van der Waals surface area contributed by atoms with E-state index >= 15 is 0 Å². The minimum atomic E-state index is -3.70. The van der Waals surface area contributed by atoms with E-state index in [1.54, 1.807) is 0 Å². The Morgan fingerprint density at radius 1 is 1.50 bits per heavy atom. The Morgan fingerprint density at radius 3 is 2.43 bits per heavy atom. The quantitative estimate of drug-likeness (QED) is 0.635. The predicted octanol–water partition coefficient (Wildman–Crippen LogP) is 0.229. The van der Waals surface area contributed by atoms with Crippen molar-refractivity contribution in [3.05, 3.63) is 0 Å². The summed E-state index contributed by atoms with van der Waals surface area (Å²) in [6, 6.07) is 0. The van der Waals surface area contributed by atoms with E-state index in [0.29, 0.717) is 0 Å². The number of methoxy groups -OCH3 is 1. The van der Waals surface area contributed by atoms with Crippen LogP contribution in [-0.2, 0) is 19.4 Å². The third-order valence-electron chi connectivity index (χ3n) is 2.20. The Hall–Kier alpha value is -0.720. The summed E-state index contributed by atoms with van der Waals surface area (Å²) in [6.45, 7) is 0. The van der Waals surface area contributed by atoms with E-state index in [1.807, 2.05) is 0 Å². The molecule has 82 valence electrons. The van der Waals surface area contributed by atoms with Gasteiger partial charge in [-0.2, -0.15) is 8.78 Å². The van der Waals surface area contributed by atoms with Crippen molar-refractivity contribution in [2.45, 2.75) is 12.3 Å². The highest BCUT2D eigenvalue weighted by Crippen LogP contribution is 2.34. The fourth-order valence-electron chi connectivity index (χ4n) is 1.38. The number of halogens is 2. The van der Waals surface area contributed by atoms with E-state index in [4.69, 9.17) is 0 Å². The van der Waals surface area contributed by atoms with Gasteiger partial charge in [0.2, 0.25) is 0 Å². The van der Waals surface area contributed by atoms with Crippen molar-refractivity contribution in [1.29, 1.82) is 0 Å². The fourth-order valence-corrected chi connectivity index (χ4v) is 3.18. The summed E-state index contributed by atoms with van der Waals surface area (Å²) in [5.74, 6) is -7.74. The number of alkyl halides is 2. The summed E-state index contributed by atoms with van der Waals surface area (Å²) in [6.07, 6.45) is -0.190. The molecule has 1 heterocycles. The molecule has 0 N–H and O–H groups in total. The lowest BCUT2D eigenvalue weighted by Gasteiger charge is -2.18. The standard InChI is InChI=1S/C7H10F2O4S/c1-13-6(10)7(8,9)5-2-3-14(11,12)4-5/h5H,2-4H2,1H3. The average Bonchev–Trinajstić information content (AvgIpc) is 2.45. The van der Waals surface area contributed by atoms with Crippen LogP contribution in [0, 0.1) is 5.92 Å². The highest BCUT2D eigenvalue weighted by Gasteiger charge is 2.52. The zero-order valence-corrected chi connectivity index (χ0v) is 8.31. The van der Waals surface area contributed by atoms with Crippen LogP contribution in [0.3, 0.4) is 0 Å². The number of hydrogen-bond donors (Lipinski definition) is 0. The highest BCUT2D eigenvalue weighted by atomic mass is 32.2. The summed E-state index contributed by atoms with van der Waals surface area (Å²) in [4.78, 5) is 10.7. The van der Waals surface area contributed by atoms with Crippen LogP contribution >= 0.6 is 0 Å². The molecule has 14 heavy (non-hydrogen) atoms. The molecule has 0 aliphatic carbocycles. The van der Waals surface area contributed by atoms with Gasteiger partial charge in [0, 0.05) is 5.92 Å². The topological polar surface area (TPSA) is 60.4 Å². The predicted molar refractivity (Wildman–Crippen MR) is 43.7 cm³/mol. The van der Waals surface area contributed by atoms with Crippen molar-refractivity contribution < 1.29 is 26.7 Å². The number of carbonyl (C=O) groups is 1. The van der Waals surface area contributed by atoms with Gasteiger partial charge in [-0.25, -0.2) is 13.2 Å². The van der Waals surface area contributed by atoms with E-state index in [2.05, 4.69) is 4.74 Å². The molecule has 0 bridgehead atoms. The largest absolute Gasteiger partial charge is 0.465 e. The number of sulfone groups is 1. The molecule has 1 rings (SSSR count). The van der Waals surface area contributed by atoms with E-state index in [0.717, 1.165) is 7.11 Å². The molecule has 4 nitrogen and oxygen atoms in total. The Labute approximate surface area is 80.2 Å². The zero-order valence-electron chi connectivity index (χ0n) is 7.50. The normalized spacial score (nSPS) is 26.1. The number of rotatable bonds is 2. The zero-order chi connectivity index (χ0) is 11.0. The van der Waals surface area contributed by atoms with E-state index < -0.39 is 33.4 Å². The summed E-state index contributed by atoms with van der Waals surface area (Å²) >= 11 is 0. The lowest BCUT2D eigenvalue weighted by molar-refractivity contribution is -0.175. The lowest BCUT2D eigenvalue weighted by atomic mass is 10.0. The smallest absolute Gasteiger partial charge is 0.377 e. The van der Waals surface area contributed by atoms with Crippen LogP contribution in [-0.4, -0.2) is 38.9 Å². The van der Waals surface area contributed by atoms with Gasteiger partial charge in [-0.1, -0.05) is 0 Å². The summed E-state index contributed by atoms with van der Waals surface area (Å²) < 4.78 is 52.0. The molecule has 0 aromatic carbocycles. The number of esters is 1. The lowest BCUT2D eigenvalue weighted by Crippen LogP contribution is -2.38. The second-order valence-corrected chi connectivity index (χ2v) is 5.44. The van der Waals surface area contributed by atoms with E-state index in [1.165, 1.54) is 0 Å². The number of hydrogen-bond acceptors (Lipinski definition) is 4. The van der Waals surface area contributed by atoms with Gasteiger partial charge < -0.3 is 4.74 Å². The van der Waals surface area contributed by atoms with Gasteiger partial charge in [0.25, 0.3) is 0 Å². The van der Waals surface area contributed by atoms with Gasteiger partial charge in [-0.05, 0) is 6.42 Å². The van der Waals surface area contributed by atoms with Crippen LogP contribution in [0.2, 0.25) is 0 Å². The molecular formula is C7H10F2O4S. The molecule has 0 aromatic rings. The molecule has 0 aromatic heterocycles.